The molecule has 0 fully saturated rings. The standard InChI is InChI=1S/C26H28N4O/c1-18-16-25-28-19(2)23(20(3)30(25)29-18)14-15-26(31)27-17-24(21-10-6-4-7-11-21)22-12-8-5-9-13-22/h4-13,16,24H,14-15,17H2,1-3H3,(H,27,31). The zero-order valence-corrected chi connectivity index (χ0v) is 18.3. The monoisotopic (exact) mass is 412 g/mol. The van der Waals surface area contributed by atoms with Gasteiger partial charge in [0.05, 0.1) is 5.69 Å². The van der Waals surface area contributed by atoms with Crippen LogP contribution in [0.3, 0.4) is 0 Å². The summed E-state index contributed by atoms with van der Waals surface area (Å²) in [4.78, 5) is 17.4. The summed E-state index contributed by atoms with van der Waals surface area (Å²) >= 11 is 0. The maximum atomic E-state index is 12.7. The van der Waals surface area contributed by atoms with Crippen LogP contribution in [0.2, 0.25) is 0 Å². The Balaban J connectivity index is 1.44. The zero-order valence-electron chi connectivity index (χ0n) is 18.3. The first-order valence-corrected chi connectivity index (χ1v) is 10.7. The molecule has 0 unspecified atom stereocenters. The molecule has 5 nitrogen and oxygen atoms in total. The lowest BCUT2D eigenvalue weighted by Crippen LogP contribution is -2.29. The van der Waals surface area contributed by atoms with E-state index in [9.17, 15) is 4.79 Å². The van der Waals surface area contributed by atoms with Crippen molar-refractivity contribution in [3.8, 4) is 0 Å². The van der Waals surface area contributed by atoms with E-state index in [0.717, 1.165) is 28.3 Å². The van der Waals surface area contributed by atoms with Crippen LogP contribution in [0.5, 0.6) is 0 Å². The molecule has 2 heterocycles. The smallest absolute Gasteiger partial charge is 0.220 e. The van der Waals surface area contributed by atoms with Crippen molar-refractivity contribution in [1.82, 2.24) is 19.9 Å². The molecule has 0 saturated heterocycles. The number of hydrogen-bond donors (Lipinski definition) is 1. The molecule has 158 valence electrons. The Labute approximate surface area is 183 Å². The molecule has 31 heavy (non-hydrogen) atoms. The molecule has 0 spiro atoms. The fourth-order valence-corrected chi connectivity index (χ4v) is 4.14. The number of benzene rings is 2. The molecule has 0 aliphatic carbocycles. The minimum absolute atomic E-state index is 0.0485. The highest BCUT2D eigenvalue weighted by Gasteiger charge is 2.16. The van der Waals surface area contributed by atoms with Crippen molar-refractivity contribution >= 4 is 11.6 Å². The van der Waals surface area contributed by atoms with E-state index in [-0.39, 0.29) is 11.8 Å². The van der Waals surface area contributed by atoms with Gasteiger partial charge in [-0.25, -0.2) is 9.50 Å². The number of nitrogens with zero attached hydrogens (tertiary/aromatic N) is 3. The van der Waals surface area contributed by atoms with Crippen molar-refractivity contribution in [2.45, 2.75) is 39.5 Å². The summed E-state index contributed by atoms with van der Waals surface area (Å²) in [6.07, 6.45) is 1.07. The van der Waals surface area contributed by atoms with Crippen LogP contribution in [-0.2, 0) is 11.2 Å². The van der Waals surface area contributed by atoms with E-state index in [4.69, 9.17) is 0 Å². The molecule has 1 N–H and O–H groups in total. The van der Waals surface area contributed by atoms with Gasteiger partial charge in [-0.3, -0.25) is 4.79 Å². The molecule has 0 bridgehead atoms. The third kappa shape index (κ3) is 4.66. The number of fused-ring (bicyclic) bond motifs is 1. The number of carbonyl (C=O) groups is 1. The normalized spacial score (nSPS) is 11.2. The molecule has 0 atom stereocenters. The first kappa shape index (κ1) is 20.8. The summed E-state index contributed by atoms with van der Waals surface area (Å²) in [5.41, 5.74) is 7.30. The second-order valence-corrected chi connectivity index (χ2v) is 7.99. The van der Waals surface area contributed by atoms with Crippen LogP contribution in [0.1, 0.15) is 46.1 Å². The molecule has 0 radical (unpaired) electrons. The van der Waals surface area contributed by atoms with Gasteiger partial charge >= 0.3 is 0 Å². The Morgan fingerprint density at radius 3 is 2.19 bits per heavy atom. The van der Waals surface area contributed by atoms with Gasteiger partial charge in [-0.1, -0.05) is 60.7 Å². The van der Waals surface area contributed by atoms with Crippen LogP contribution in [0.4, 0.5) is 0 Å². The molecule has 1 amide bonds. The highest BCUT2D eigenvalue weighted by atomic mass is 16.1. The average molecular weight is 413 g/mol. The summed E-state index contributed by atoms with van der Waals surface area (Å²) in [5.74, 6) is 0.173. The van der Waals surface area contributed by atoms with E-state index in [0.29, 0.717) is 19.4 Å². The summed E-state index contributed by atoms with van der Waals surface area (Å²) < 4.78 is 1.87. The van der Waals surface area contributed by atoms with Crippen LogP contribution in [-0.4, -0.2) is 27.0 Å². The van der Waals surface area contributed by atoms with Gasteiger partial charge in [0.1, 0.15) is 0 Å². The molecule has 0 aliphatic heterocycles. The summed E-state index contributed by atoms with van der Waals surface area (Å²) in [5, 5.41) is 7.67. The lowest BCUT2D eigenvalue weighted by Gasteiger charge is -2.19. The Morgan fingerprint density at radius 2 is 1.58 bits per heavy atom. The first-order valence-electron chi connectivity index (χ1n) is 10.7. The van der Waals surface area contributed by atoms with Gasteiger partial charge in [-0.15, -0.1) is 0 Å². The van der Waals surface area contributed by atoms with Crippen molar-refractivity contribution in [1.29, 1.82) is 0 Å². The Morgan fingerprint density at radius 1 is 0.968 bits per heavy atom. The Bertz CT molecular complexity index is 1140. The molecule has 2 aromatic carbocycles. The van der Waals surface area contributed by atoms with Gasteiger partial charge in [0.15, 0.2) is 5.65 Å². The third-order valence-electron chi connectivity index (χ3n) is 5.80. The highest BCUT2D eigenvalue weighted by Crippen LogP contribution is 2.24. The van der Waals surface area contributed by atoms with E-state index in [1.165, 1.54) is 11.1 Å². The van der Waals surface area contributed by atoms with Crippen molar-refractivity contribution in [3.05, 3.63) is 101 Å². The van der Waals surface area contributed by atoms with Gasteiger partial charge in [0.25, 0.3) is 0 Å². The Kier molecular flexibility index (Phi) is 6.12. The van der Waals surface area contributed by atoms with Crippen LogP contribution in [0.15, 0.2) is 66.7 Å². The molecule has 5 heteroatoms. The topological polar surface area (TPSA) is 59.3 Å². The maximum Gasteiger partial charge on any atom is 0.220 e. The number of nitrogens with one attached hydrogen (secondary N) is 1. The highest BCUT2D eigenvalue weighted by molar-refractivity contribution is 5.76. The summed E-state index contributed by atoms with van der Waals surface area (Å²) in [6, 6.07) is 22.6. The molecular weight excluding hydrogens is 384 g/mol. The van der Waals surface area contributed by atoms with Crippen LogP contribution in [0, 0.1) is 20.8 Å². The van der Waals surface area contributed by atoms with Crippen molar-refractivity contribution in [2.24, 2.45) is 0 Å². The molecule has 2 aromatic heterocycles. The van der Waals surface area contributed by atoms with Crippen LogP contribution >= 0.6 is 0 Å². The van der Waals surface area contributed by atoms with Crippen LogP contribution in [0.25, 0.3) is 5.65 Å². The summed E-state index contributed by atoms with van der Waals surface area (Å²) in [7, 11) is 0. The fraction of sp³-hybridized carbons (Fsp3) is 0.269. The predicted octanol–water partition coefficient (Wildman–Crippen LogP) is 4.54. The number of aryl methyl sites for hydroxylation is 3. The third-order valence-corrected chi connectivity index (χ3v) is 5.80. The minimum atomic E-state index is 0.0485. The number of rotatable bonds is 7. The Hall–Kier alpha value is -3.47. The minimum Gasteiger partial charge on any atom is -0.355 e. The van der Waals surface area contributed by atoms with Gasteiger partial charge in [0.2, 0.25) is 5.91 Å². The van der Waals surface area contributed by atoms with E-state index >= 15 is 0 Å². The van der Waals surface area contributed by atoms with Crippen molar-refractivity contribution in [3.63, 3.8) is 0 Å². The zero-order chi connectivity index (χ0) is 21.8. The van der Waals surface area contributed by atoms with Crippen LogP contribution < -0.4 is 5.32 Å². The van der Waals surface area contributed by atoms with Gasteiger partial charge in [0, 0.05) is 36.3 Å². The number of hydrogen-bond acceptors (Lipinski definition) is 3. The lowest BCUT2D eigenvalue weighted by atomic mass is 9.91. The lowest BCUT2D eigenvalue weighted by molar-refractivity contribution is -0.121. The number of carbonyl (C=O) groups excluding carboxylic acids is 1. The molecular formula is C26H28N4O. The molecule has 0 saturated carbocycles. The fourth-order valence-electron chi connectivity index (χ4n) is 4.14. The van der Waals surface area contributed by atoms with E-state index in [1.54, 1.807) is 0 Å². The average Bonchev–Trinajstić information content (AvgIpc) is 3.15. The number of aromatic nitrogens is 3. The second kappa shape index (κ2) is 9.13. The van der Waals surface area contributed by atoms with E-state index in [2.05, 4.69) is 39.7 Å². The summed E-state index contributed by atoms with van der Waals surface area (Å²) in [6.45, 7) is 6.58. The van der Waals surface area contributed by atoms with Gasteiger partial charge in [-0.05, 0) is 43.9 Å². The van der Waals surface area contributed by atoms with Gasteiger partial charge in [-0.2, -0.15) is 5.10 Å². The van der Waals surface area contributed by atoms with Gasteiger partial charge < -0.3 is 5.32 Å². The largest absolute Gasteiger partial charge is 0.355 e. The maximum absolute atomic E-state index is 12.7. The number of amides is 1. The van der Waals surface area contributed by atoms with E-state index in [1.807, 2.05) is 67.8 Å². The van der Waals surface area contributed by atoms with E-state index < -0.39 is 0 Å². The molecule has 0 aliphatic rings. The van der Waals surface area contributed by atoms with Crippen molar-refractivity contribution < 1.29 is 4.79 Å². The quantitative estimate of drug-likeness (QED) is 0.485. The first-order chi connectivity index (χ1) is 15.0. The van der Waals surface area contributed by atoms with Crippen molar-refractivity contribution in [2.75, 3.05) is 6.54 Å². The molecule has 4 aromatic rings. The predicted molar refractivity (Wildman–Crippen MR) is 123 cm³/mol. The molecule has 4 rings (SSSR count). The SMILES string of the molecule is Cc1cc2nc(C)c(CCC(=O)NCC(c3ccccc3)c3ccccc3)c(C)n2n1. The second-order valence-electron chi connectivity index (χ2n) is 7.99.